The Morgan fingerprint density at radius 1 is 1.12 bits per heavy atom. The molecule has 0 heterocycles. The summed E-state index contributed by atoms with van der Waals surface area (Å²) in [5, 5.41) is 9.79. The van der Waals surface area contributed by atoms with E-state index in [-0.39, 0.29) is 16.5 Å². The third-order valence-electron chi connectivity index (χ3n) is 2.53. The van der Waals surface area contributed by atoms with Crippen molar-refractivity contribution in [2.24, 2.45) is 0 Å². The van der Waals surface area contributed by atoms with Gasteiger partial charge in [-0.2, -0.15) is 0 Å². The van der Waals surface area contributed by atoms with E-state index in [2.05, 4.69) is 0 Å². The lowest BCUT2D eigenvalue weighted by Gasteiger charge is -2.15. The third kappa shape index (κ3) is 2.97. The van der Waals surface area contributed by atoms with Gasteiger partial charge < -0.3 is 5.11 Å². The van der Waals surface area contributed by atoms with E-state index in [0.29, 0.717) is 10.6 Å². The van der Waals surface area contributed by atoms with Gasteiger partial charge in [0.1, 0.15) is 5.75 Å². The predicted molar refractivity (Wildman–Crippen MR) is 70.9 cm³/mol. The highest BCUT2D eigenvalue weighted by molar-refractivity contribution is 6.32. The van der Waals surface area contributed by atoms with Crippen LogP contribution >= 0.6 is 34.8 Å². The maximum absolute atomic E-state index is 9.82. The molecule has 1 aromatic carbocycles. The van der Waals surface area contributed by atoms with Crippen LogP contribution in [0.4, 0.5) is 0 Å². The van der Waals surface area contributed by atoms with Crippen LogP contribution in [0.25, 0.3) is 0 Å². The Morgan fingerprint density at radius 3 is 2.19 bits per heavy atom. The average molecular weight is 282 g/mol. The second-order valence-corrected chi connectivity index (χ2v) is 5.15. The van der Waals surface area contributed by atoms with Crippen molar-refractivity contribution < 1.29 is 5.11 Å². The summed E-state index contributed by atoms with van der Waals surface area (Å²) >= 11 is 18.2. The van der Waals surface area contributed by atoms with Crippen molar-refractivity contribution in [3.63, 3.8) is 0 Å². The van der Waals surface area contributed by atoms with Crippen LogP contribution < -0.4 is 0 Å². The van der Waals surface area contributed by atoms with Crippen LogP contribution in [0, 0.1) is 0 Å². The van der Waals surface area contributed by atoms with Crippen LogP contribution in [-0.4, -0.2) is 5.11 Å². The fraction of sp³-hybridized carbons (Fsp3) is 0.500. The molecule has 4 heteroatoms. The number of rotatable bonds is 4. The normalized spacial score (nSPS) is 14.8. The van der Waals surface area contributed by atoms with Gasteiger partial charge in [0.15, 0.2) is 0 Å². The molecule has 0 aliphatic heterocycles. The number of alkyl halides is 2. The smallest absolute Gasteiger partial charge is 0.138 e. The SMILES string of the molecule is CCC(Cl)c1cc(Cl)c(O)c(C(Cl)CC)c1. The lowest BCUT2D eigenvalue weighted by atomic mass is 10.0. The van der Waals surface area contributed by atoms with Gasteiger partial charge >= 0.3 is 0 Å². The molecular weight excluding hydrogens is 266 g/mol. The first-order chi connectivity index (χ1) is 7.51. The van der Waals surface area contributed by atoms with Gasteiger partial charge in [0, 0.05) is 5.56 Å². The lowest BCUT2D eigenvalue weighted by Crippen LogP contribution is -1.95. The van der Waals surface area contributed by atoms with Gasteiger partial charge in [-0.1, -0.05) is 25.4 Å². The van der Waals surface area contributed by atoms with Crippen LogP contribution in [0.3, 0.4) is 0 Å². The minimum atomic E-state index is -0.238. The molecule has 1 rings (SSSR count). The molecule has 0 spiro atoms. The van der Waals surface area contributed by atoms with E-state index in [1.807, 2.05) is 19.9 Å². The second kappa shape index (κ2) is 6.00. The fourth-order valence-corrected chi connectivity index (χ4v) is 2.04. The number of phenols is 1. The summed E-state index contributed by atoms with van der Waals surface area (Å²) in [6.45, 7) is 3.95. The molecule has 0 amide bonds. The zero-order valence-corrected chi connectivity index (χ0v) is 11.6. The maximum atomic E-state index is 9.82. The van der Waals surface area contributed by atoms with Gasteiger partial charge in [-0.15, -0.1) is 23.2 Å². The van der Waals surface area contributed by atoms with Crippen LogP contribution in [0.5, 0.6) is 5.75 Å². The van der Waals surface area contributed by atoms with Crippen LogP contribution in [0.15, 0.2) is 12.1 Å². The Labute approximate surface area is 111 Å². The first-order valence-electron chi connectivity index (χ1n) is 5.31. The quantitative estimate of drug-likeness (QED) is 0.730. The van der Waals surface area contributed by atoms with E-state index in [4.69, 9.17) is 34.8 Å². The largest absolute Gasteiger partial charge is 0.506 e. The van der Waals surface area contributed by atoms with Crippen LogP contribution in [0.2, 0.25) is 5.02 Å². The number of aromatic hydroxyl groups is 1. The number of hydrogen-bond acceptors (Lipinski definition) is 1. The van der Waals surface area contributed by atoms with Crippen LogP contribution in [-0.2, 0) is 0 Å². The molecule has 0 fully saturated rings. The molecule has 0 radical (unpaired) electrons. The Morgan fingerprint density at radius 2 is 1.69 bits per heavy atom. The van der Waals surface area contributed by atoms with E-state index >= 15 is 0 Å². The van der Waals surface area contributed by atoms with E-state index < -0.39 is 0 Å². The van der Waals surface area contributed by atoms with Gasteiger partial charge in [-0.25, -0.2) is 0 Å². The zero-order valence-electron chi connectivity index (χ0n) is 9.30. The third-order valence-corrected chi connectivity index (χ3v) is 3.92. The Hall–Kier alpha value is -0.110. The molecule has 16 heavy (non-hydrogen) atoms. The van der Waals surface area contributed by atoms with Gasteiger partial charge in [-0.05, 0) is 30.5 Å². The Bertz CT molecular complexity index is 366. The molecular formula is C12H15Cl3O. The zero-order chi connectivity index (χ0) is 12.3. The predicted octanol–water partition coefficient (Wildman–Crippen LogP) is 5.43. The second-order valence-electron chi connectivity index (χ2n) is 3.69. The van der Waals surface area contributed by atoms with Crippen molar-refractivity contribution in [2.45, 2.75) is 37.4 Å². The summed E-state index contributed by atoms with van der Waals surface area (Å²) < 4.78 is 0. The Kier molecular flexibility index (Phi) is 5.23. The molecule has 90 valence electrons. The summed E-state index contributed by atoms with van der Waals surface area (Å²) in [5.41, 5.74) is 1.56. The van der Waals surface area contributed by atoms with Crippen molar-refractivity contribution in [1.82, 2.24) is 0 Å². The van der Waals surface area contributed by atoms with Crippen LogP contribution in [0.1, 0.15) is 48.6 Å². The molecule has 0 aliphatic rings. The molecule has 0 bridgehead atoms. The van der Waals surface area contributed by atoms with Crippen molar-refractivity contribution in [3.05, 3.63) is 28.3 Å². The summed E-state index contributed by atoms with van der Waals surface area (Å²) in [7, 11) is 0. The number of halogens is 3. The first-order valence-corrected chi connectivity index (χ1v) is 6.56. The van der Waals surface area contributed by atoms with E-state index in [9.17, 15) is 5.11 Å². The molecule has 1 aromatic rings. The minimum absolute atomic E-state index is 0.0623. The maximum Gasteiger partial charge on any atom is 0.138 e. The first kappa shape index (κ1) is 14.0. The summed E-state index contributed by atoms with van der Waals surface area (Å²) in [5.74, 6) is 0.0623. The molecule has 2 unspecified atom stereocenters. The molecule has 0 saturated heterocycles. The molecule has 0 aromatic heterocycles. The van der Waals surface area contributed by atoms with Crippen molar-refractivity contribution in [2.75, 3.05) is 0 Å². The average Bonchev–Trinajstić information content (AvgIpc) is 2.30. The fourth-order valence-electron chi connectivity index (χ4n) is 1.52. The number of hydrogen-bond donors (Lipinski definition) is 1. The molecule has 1 N–H and O–H groups in total. The van der Waals surface area contributed by atoms with Crippen molar-refractivity contribution in [3.8, 4) is 5.75 Å². The van der Waals surface area contributed by atoms with E-state index in [1.165, 1.54) is 0 Å². The molecule has 2 atom stereocenters. The van der Waals surface area contributed by atoms with Gasteiger partial charge in [0.05, 0.1) is 15.8 Å². The highest BCUT2D eigenvalue weighted by atomic mass is 35.5. The topological polar surface area (TPSA) is 20.2 Å². The summed E-state index contributed by atoms with van der Waals surface area (Å²) in [6, 6.07) is 3.53. The minimum Gasteiger partial charge on any atom is -0.506 e. The van der Waals surface area contributed by atoms with Gasteiger partial charge in [-0.3, -0.25) is 0 Å². The van der Waals surface area contributed by atoms with Crippen molar-refractivity contribution >= 4 is 34.8 Å². The molecule has 0 aliphatic carbocycles. The Balaban J connectivity index is 3.21. The molecule has 0 saturated carbocycles. The lowest BCUT2D eigenvalue weighted by molar-refractivity contribution is 0.466. The van der Waals surface area contributed by atoms with Gasteiger partial charge in [0.2, 0.25) is 0 Å². The standard InChI is InChI=1S/C12H15Cl3O/c1-3-9(13)7-5-8(10(14)4-2)12(16)11(15)6-7/h5-6,9-10,16H,3-4H2,1-2H3. The number of benzene rings is 1. The highest BCUT2D eigenvalue weighted by Crippen LogP contribution is 2.40. The van der Waals surface area contributed by atoms with Gasteiger partial charge in [0.25, 0.3) is 0 Å². The van der Waals surface area contributed by atoms with E-state index in [1.54, 1.807) is 6.07 Å². The van der Waals surface area contributed by atoms with E-state index in [0.717, 1.165) is 18.4 Å². The number of phenolic OH excluding ortho intramolecular Hbond substituents is 1. The summed E-state index contributed by atoms with van der Waals surface area (Å²) in [6.07, 6.45) is 1.54. The highest BCUT2D eigenvalue weighted by Gasteiger charge is 2.17. The summed E-state index contributed by atoms with van der Waals surface area (Å²) in [4.78, 5) is 0. The monoisotopic (exact) mass is 280 g/mol. The molecule has 1 nitrogen and oxygen atoms in total. The van der Waals surface area contributed by atoms with Crippen molar-refractivity contribution in [1.29, 1.82) is 0 Å².